The minimum absolute atomic E-state index is 0.0722. The number of benzene rings is 2. The fourth-order valence-corrected chi connectivity index (χ4v) is 3.02. The summed E-state index contributed by atoms with van der Waals surface area (Å²) in [6, 6.07) is 4.19. The van der Waals surface area contributed by atoms with Crippen LogP contribution in [-0.4, -0.2) is 8.42 Å². The van der Waals surface area contributed by atoms with Gasteiger partial charge in [0.05, 0.1) is 0 Å². The topological polar surface area (TPSA) is 46.2 Å². The molecule has 0 bridgehead atoms. The van der Waals surface area contributed by atoms with Gasteiger partial charge in [-0.2, -0.15) is 0 Å². The largest absolute Gasteiger partial charge is 0.279 e. The Balaban J connectivity index is 2.58. The van der Waals surface area contributed by atoms with Gasteiger partial charge in [-0.1, -0.05) is 6.07 Å². The summed E-state index contributed by atoms with van der Waals surface area (Å²) in [7, 11) is -5.01. The van der Waals surface area contributed by atoms with E-state index in [0.29, 0.717) is 5.56 Å². The highest BCUT2D eigenvalue weighted by molar-refractivity contribution is 7.92. The maximum absolute atomic E-state index is 13.6. The predicted octanol–water partition coefficient (Wildman–Crippen LogP) is 3.80. The molecule has 3 nitrogen and oxygen atoms in total. The second-order valence-corrected chi connectivity index (χ2v) is 6.42. The molecule has 2 aromatic carbocycles. The number of halogens is 5. The van der Waals surface area contributed by atoms with Crippen molar-refractivity contribution in [2.24, 2.45) is 0 Å². The summed E-state index contributed by atoms with van der Waals surface area (Å²) in [5.74, 6) is -11.9. The van der Waals surface area contributed by atoms with Gasteiger partial charge in [0.1, 0.15) is 0 Å². The van der Waals surface area contributed by atoms with Crippen LogP contribution in [0, 0.1) is 42.9 Å². The molecule has 0 heterocycles. The van der Waals surface area contributed by atoms with Crippen molar-refractivity contribution in [2.75, 3.05) is 4.72 Å². The number of anilines is 1. The lowest BCUT2D eigenvalue weighted by atomic mass is 10.1. The van der Waals surface area contributed by atoms with Crippen molar-refractivity contribution in [2.45, 2.75) is 18.7 Å². The van der Waals surface area contributed by atoms with Gasteiger partial charge in [0.25, 0.3) is 10.0 Å². The molecule has 0 aliphatic rings. The molecule has 0 radical (unpaired) electrons. The van der Waals surface area contributed by atoms with Crippen molar-refractivity contribution in [3.8, 4) is 0 Å². The summed E-state index contributed by atoms with van der Waals surface area (Å²) >= 11 is 0. The highest BCUT2D eigenvalue weighted by Gasteiger charge is 2.33. The van der Waals surface area contributed by atoms with E-state index in [9.17, 15) is 30.4 Å². The van der Waals surface area contributed by atoms with Crippen molar-refractivity contribution < 1.29 is 30.4 Å². The predicted molar refractivity (Wildman–Crippen MR) is 73.0 cm³/mol. The first kappa shape index (κ1) is 17.2. The molecule has 0 saturated carbocycles. The molecule has 0 aliphatic carbocycles. The van der Waals surface area contributed by atoms with E-state index in [1.54, 1.807) is 18.6 Å². The van der Waals surface area contributed by atoms with Crippen molar-refractivity contribution in [3.63, 3.8) is 0 Å². The van der Waals surface area contributed by atoms with Crippen molar-refractivity contribution in [1.82, 2.24) is 0 Å². The van der Waals surface area contributed by atoms with Gasteiger partial charge >= 0.3 is 0 Å². The molecule has 2 rings (SSSR count). The Kier molecular flexibility index (Phi) is 4.34. The average molecular weight is 351 g/mol. The van der Waals surface area contributed by atoms with E-state index >= 15 is 0 Å². The molecule has 124 valence electrons. The Bertz CT molecular complexity index is 868. The molecule has 0 amide bonds. The number of aryl methyl sites for hydroxylation is 2. The zero-order chi connectivity index (χ0) is 17.5. The third kappa shape index (κ3) is 3.00. The molecule has 0 aromatic heterocycles. The van der Waals surface area contributed by atoms with Gasteiger partial charge in [-0.25, -0.2) is 30.4 Å². The van der Waals surface area contributed by atoms with E-state index in [1.807, 2.05) is 0 Å². The van der Waals surface area contributed by atoms with Crippen LogP contribution in [-0.2, 0) is 10.0 Å². The van der Waals surface area contributed by atoms with E-state index in [2.05, 4.69) is 0 Å². The second kappa shape index (κ2) is 5.80. The Labute approximate surface area is 128 Å². The van der Waals surface area contributed by atoms with Crippen LogP contribution in [0.1, 0.15) is 11.1 Å². The fraction of sp³-hybridized carbons (Fsp3) is 0.143. The fourth-order valence-electron chi connectivity index (χ4n) is 1.83. The smallest absolute Gasteiger partial charge is 0.267 e. The standard InChI is InChI=1S/C14H10F5NO2S/c1-6-3-4-8(5-7(6)2)20-23(21,22)14-12(18)10(16)9(15)11(17)13(14)19/h3-5,20H,1-2H3. The second-order valence-electron chi connectivity index (χ2n) is 4.80. The van der Waals surface area contributed by atoms with Gasteiger partial charge in [-0.15, -0.1) is 0 Å². The third-order valence-electron chi connectivity index (χ3n) is 3.20. The van der Waals surface area contributed by atoms with E-state index in [0.717, 1.165) is 5.56 Å². The zero-order valence-electron chi connectivity index (χ0n) is 11.8. The highest BCUT2D eigenvalue weighted by atomic mass is 32.2. The number of nitrogens with one attached hydrogen (secondary N) is 1. The number of rotatable bonds is 3. The quantitative estimate of drug-likeness (QED) is 0.519. The number of sulfonamides is 1. The van der Waals surface area contributed by atoms with Crippen LogP contribution in [0.3, 0.4) is 0 Å². The molecule has 0 unspecified atom stereocenters. The molecule has 23 heavy (non-hydrogen) atoms. The Morgan fingerprint density at radius 2 is 1.26 bits per heavy atom. The van der Waals surface area contributed by atoms with Gasteiger partial charge in [0, 0.05) is 5.69 Å². The van der Waals surface area contributed by atoms with Gasteiger partial charge < -0.3 is 0 Å². The van der Waals surface area contributed by atoms with Crippen LogP contribution in [0.2, 0.25) is 0 Å². The number of hydrogen-bond acceptors (Lipinski definition) is 2. The molecule has 2 aromatic rings. The molecular weight excluding hydrogens is 341 g/mol. The first-order valence-corrected chi connectivity index (χ1v) is 7.66. The molecular formula is C14H10F5NO2S. The van der Waals surface area contributed by atoms with E-state index in [1.165, 1.54) is 18.2 Å². The van der Waals surface area contributed by atoms with Gasteiger partial charge in [-0.05, 0) is 37.1 Å². The molecule has 0 atom stereocenters. The molecule has 0 fully saturated rings. The summed E-state index contributed by atoms with van der Waals surface area (Å²) in [5.41, 5.74) is 1.42. The maximum atomic E-state index is 13.6. The van der Waals surface area contributed by atoms with Crippen LogP contribution in [0.25, 0.3) is 0 Å². The summed E-state index contributed by atoms with van der Waals surface area (Å²) in [6.07, 6.45) is 0. The van der Waals surface area contributed by atoms with Crippen LogP contribution < -0.4 is 4.72 Å². The molecule has 1 N–H and O–H groups in total. The minimum Gasteiger partial charge on any atom is -0.279 e. The first-order chi connectivity index (χ1) is 10.6. The van der Waals surface area contributed by atoms with Gasteiger partial charge in [-0.3, -0.25) is 4.72 Å². The summed E-state index contributed by atoms with van der Waals surface area (Å²) in [5, 5.41) is 0. The lowest BCUT2D eigenvalue weighted by Gasteiger charge is -2.12. The summed E-state index contributed by atoms with van der Waals surface area (Å²) in [6.45, 7) is 3.41. The highest BCUT2D eigenvalue weighted by Crippen LogP contribution is 2.28. The third-order valence-corrected chi connectivity index (χ3v) is 4.60. The van der Waals surface area contributed by atoms with E-state index < -0.39 is 44.0 Å². The molecule has 0 aliphatic heterocycles. The Morgan fingerprint density at radius 3 is 1.74 bits per heavy atom. The maximum Gasteiger partial charge on any atom is 0.267 e. The van der Waals surface area contributed by atoms with Crippen LogP contribution in [0.15, 0.2) is 23.1 Å². The van der Waals surface area contributed by atoms with E-state index in [-0.39, 0.29) is 5.69 Å². The van der Waals surface area contributed by atoms with Crippen LogP contribution >= 0.6 is 0 Å². The molecule has 0 spiro atoms. The zero-order valence-corrected chi connectivity index (χ0v) is 12.7. The molecule has 0 saturated heterocycles. The lowest BCUT2D eigenvalue weighted by molar-refractivity contribution is 0.358. The van der Waals surface area contributed by atoms with Crippen molar-refractivity contribution in [1.29, 1.82) is 0 Å². The van der Waals surface area contributed by atoms with Crippen LogP contribution in [0.5, 0.6) is 0 Å². The van der Waals surface area contributed by atoms with Crippen LogP contribution in [0.4, 0.5) is 27.6 Å². The average Bonchev–Trinajstić information content (AvgIpc) is 2.46. The normalized spacial score (nSPS) is 11.6. The lowest BCUT2D eigenvalue weighted by Crippen LogP contribution is -2.19. The summed E-state index contributed by atoms with van der Waals surface area (Å²) in [4.78, 5) is -1.92. The first-order valence-electron chi connectivity index (χ1n) is 6.17. The van der Waals surface area contributed by atoms with Gasteiger partial charge in [0.2, 0.25) is 5.82 Å². The summed E-state index contributed by atoms with van der Waals surface area (Å²) < 4.78 is 92.3. The van der Waals surface area contributed by atoms with Crippen molar-refractivity contribution in [3.05, 3.63) is 58.4 Å². The Hall–Kier alpha value is -2.16. The minimum atomic E-state index is -5.01. The SMILES string of the molecule is Cc1ccc(NS(=O)(=O)c2c(F)c(F)c(F)c(F)c2F)cc1C. The number of hydrogen-bond donors (Lipinski definition) is 1. The van der Waals surface area contributed by atoms with E-state index in [4.69, 9.17) is 0 Å². The molecule has 9 heteroatoms. The van der Waals surface area contributed by atoms with Gasteiger partial charge in [0.15, 0.2) is 28.2 Å². The Morgan fingerprint density at radius 1 is 0.783 bits per heavy atom. The monoisotopic (exact) mass is 351 g/mol. The van der Waals surface area contributed by atoms with Crippen molar-refractivity contribution >= 4 is 15.7 Å².